The number of hydrogen-bond donors (Lipinski definition) is 7. The van der Waals surface area contributed by atoms with Gasteiger partial charge < -0.3 is 10.0 Å². The lowest BCUT2D eigenvalue weighted by atomic mass is 9.73. The highest BCUT2D eigenvalue weighted by Gasteiger charge is 2.50. The number of fused-ring (bicyclic) bond motifs is 4. The smallest absolute Gasteiger partial charge is 0.303 e. The molecule has 2 heterocycles. The number of carboxylic acid groups (broad SMARTS) is 1. The van der Waals surface area contributed by atoms with Gasteiger partial charge in [0.25, 0.3) is 60.7 Å². The van der Waals surface area contributed by atoms with Crippen molar-refractivity contribution in [2.24, 2.45) is 0 Å². The topological polar surface area (TPSA) is 370 Å². The summed E-state index contributed by atoms with van der Waals surface area (Å²) in [7, 11) is -29.8. The van der Waals surface area contributed by atoms with Gasteiger partial charge in [-0.2, -0.15) is 55.1 Å². The first-order valence-corrected chi connectivity index (χ1v) is 27.6. The van der Waals surface area contributed by atoms with E-state index < -0.39 is 115 Å². The molecule has 1 unspecified atom stereocenters. The highest BCUT2D eigenvalue weighted by atomic mass is 32.2. The van der Waals surface area contributed by atoms with Crippen molar-refractivity contribution in [3.63, 3.8) is 0 Å². The number of allylic oxidation sites excluding steroid dienone is 4. The summed E-state index contributed by atoms with van der Waals surface area (Å²) in [6.45, 7) is 3.95. The second kappa shape index (κ2) is 17.2. The van der Waals surface area contributed by atoms with Crippen molar-refractivity contribution >= 4 is 94.5 Å². The molecular formula is C36H43N2O20S6+. The average Bonchev–Trinajstić information content (AvgIpc) is 3.47. The Hall–Kier alpha value is -4.20. The summed E-state index contributed by atoms with van der Waals surface area (Å²) in [5.74, 6) is -2.80. The SMILES string of the molecule is CC1(CCCC(=O)O)C(/C=C/C=C2/N(CCCS(=O)(=O)O)c3cc(S(=O)(=O)O)cc(S(=O)(=O)O)c3C2(C)C)=[N+](CCCS(=O)(=O)O)c2ccc3c(S(=O)(=O)O)cc(S(=O)(=O)O)cc3c21. The van der Waals surface area contributed by atoms with Crippen LogP contribution in [0.2, 0.25) is 0 Å². The van der Waals surface area contributed by atoms with E-state index in [1.54, 1.807) is 6.92 Å². The van der Waals surface area contributed by atoms with Crippen LogP contribution in [0.5, 0.6) is 0 Å². The van der Waals surface area contributed by atoms with Crippen molar-refractivity contribution < 1.29 is 92.3 Å². The van der Waals surface area contributed by atoms with Gasteiger partial charge in [-0.1, -0.05) is 19.9 Å². The third kappa shape index (κ3) is 10.7. The van der Waals surface area contributed by atoms with Gasteiger partial charge in [0, 0.05) is 64.8 Å². The number of carbonyl (C=O) groups is 1. The molecular weight excluding hydrogens is 973 g/mol. The fourth-order valence-corrected chi connectivity index (χ4v) is 12.2. The predicted octanol–water partition coefficient (Wildman–Crippen LogP) is 3.23. The first-order chi connectivity index (χ1) is 29.0. The number of aliphatic carboxylic acids is 1. The summed E-state index contributed by atoms with van der Waals surface area (Å²) >= 11 is 0. The van der Waals surface area contributed by atoms with Crippen LogP contribution < -0.4 is 4.90 Å². The molecule has 2 aliphatic rings. The lowest BCUT2D eigenvalue weighted by Gasteiger charge is -2.27. The molecule has 28 heteroatoms. The van der Waals surface area contributed by atoms with Crippen LogP contribution in [0.4, 0.5) is 11.4 Å². The first kappa shape index (κ1) is 50.8. The molecule has 352 valence electrons. The van der Waals surface area contributed by atoms with E-state index in [9.17, 15) is 87.7 Å². The minimum absolute atomic E-state index is 0.0829. The summed E-state index contributed by atoms with van der Waals surface area (Å²) < 4.78 is 209. The zero-order valence-corrected chi connectivity index (χ0v) is 38.7. The van der Waals surface area contributed by atoms with Gasteiger partial charge in [-0.15, -0.1) is 0 Å². The number of nitrogens with zero attached hydrogens (tertiary/aromatic N) is 2. The molecule has 3 aromatic rings. The van der Waals surface area contributed by atoms with Gasteiger partial charge in [0.15, 0.2) is 5.71 Å². The van der Waals surface area contributed by atoms with Gasteiger partial charge in [0.05, 0.1) is 26.7 Å². The zero-order chi connectivity index (χ0) is 48.4. The Morgan fingerprint density at radius 1 is 0.672 bits per heavy atom. The molecule has 0 aliphatic carbocycles. The van der Waals surface area contributed by atoms with Crippen LogP contribution in [0.1, 0.15) is 64.0 Å². The van der Waals surface area contributed by atoms with Gasteiger partial charge in [0.2, 0.25) is 5.69 Å². The van der Waals surface area contributed by atoms with Crippen LogP contribution in [0.25, 0.3) is 10.8 Å². The summed E-state index contributed by atoms with van der Waals surface area (Å²) in [5.41, 5.74) is -2.69. The number of carboxylic acids is 1. The summed E-state index contributed by atoms with van der Waals surface area (Å²) in [6.07, 6.45) is 2.99. The molecule has 0 bridgehead atoms. The summed E-state index contributed by atoms with van der Waals surface area (Å²) in [4.78, 5) is 9.31. The summed E-state index contributed by atoms with van der Waals surface area (Å²) in [5, 5.41) is 9.21. The quantitative estimate of drug-likeness (QED) is 0.0710. The van der Waals surface area contributed by atoms with E-state index in [0.29, 0.717) is 12.1 Å². The second-order valence-electron chi connectivity index (χ2n) is 15.8. The Morgan fingerprint density at radius 2 is 1.22 bits per heavy atom. The molecule has 0 amide bonds. The Kier molecular flexibility index (Phi) is 13.7. The lowest BCUT2D eigenvalue weighted by Crippen LogP contribution is -2.32. The van der Waals surface area contributed by atoms with Crippen LogP contribution in [0.15, 0.2) is 79.9 Å². The van der Waals surface area contributed by atoms with E-state index in [1.807, 2.05) is 0 Å². The molecule has 0 aromatic heterocycles. The largest absolute Gasteiger partial charge is 0.481 e. The molecule has 0 spiro atoms. The molecule has 64 heavy (non-hydrogen) atoms. The minimum Gasteiger partial charge on any atom is -0.481 e. The molecule has 1 atom stereocenters. The summed E-state index contributed by atoms with van der Waals surface area (Å²) in [6, 6.07) is 5.48. The Balaban J connectivity index is 1.85. The maximum atomic E-state index is 12.8. The van der Waals surface area contributed by atoms with Gasteiger partial charge in [0.1, 0.15) is 16.3 Å². The van der Waals surface area contributed by atoms with Crippen molar-refractivity contribution in [2.75, 3.05) is 29.5 Å². The van der Waals surface area contributed by atoms with Crippen LogP contribution in [-0.4, -0.2) is 124 Å². The first-order valence-electron chi connectivity index (χ1n) is 18.6. The molecule has 2 aliphatic heterocycles. The van der Waals surface area contributed by atoms with Crippen molar-refractivity contribution in [3.05, 3.63) is 71.5 Å². The standard InChI is InChI=1S/C36H42N2O20S6/c1-35(2)30(38(15-7-17-60(44,45)46)27-19-23(62(50,51)52)21-29(34(27)35)64(56,57)58)8-4-9-31-36(3,13-5-10-32(39)40)33-25-18-22(61(47,48)49)20-28(63(53,54)55)24(25)11-12-26(33)37(31)14-6-16-59(41,42)43/h4,8-9,11-12,18-21H,5-7,10,13-17H2,1-3H3,(H6-,39,40,41,42,43,44,45,46,47,48,49,50,51,52,53,54,55,56,57,58)/p+1. The average molecular weight is 1020 g/mol. The Morgan fingerprint density at radius 3 is 1.75 bits per heavy atom. The highest BCUT2D eigenvalue weighted by Crippen LogP contribution is 2.52. The van der Waals surface area contributed by atoms with E-state index in [0.717, 1.165) is 12.1 Å². The van der Waals surface area contributed by atoms with Crippen LogP contribution in [-0.2, 0) is 76.3 Å². The van der Waals surface area contributed by atoms with E-state index in [4.69, 9.17) is 0 Å². The molecule has 5 rings (SSSR count). The predicted molar refractivity (Wildman–Crippen MR) is 228 cm³/mol. The second-order valence-corrected chi connectivity index (χ2v) is 24.5. The van der Waals surface area contributed by atoms with E-state index in [2.05, 4.69) is 0 Å². The molecule has 22 nitrogen and oxygen atoms in total. The fraction of sp³-hybridized carbons (Fsp3) is 0.389. The Labute approximate surface area is 369 Å². The third-order valence-corrected chi connectivity index (χ3v) is 16.0. The number of benzene rings is 3. The highest BCUT2D eigenvalue weighted by molar-refractivity contribution is 7.87. The van der Waals surface area contributed by atoms with Crippen molar-refractivity contribution in [2.45, 2.75) is 83.3 Å². The molecule has 0 fully saturated rings. The monoisotopic (exact) mass is 1020 g/mol. The van der Waals surface area contributed by atoms with Gasteiger partial charge >= 0.3 is 5.97 Å². The normalized spacial score (nSPS) is 19.0. The van der Waals surface area contributed by atoms with Crippen LogP contribution in [0, 0.1) is 0 Å². The maximum absolute atomic E-state index is 12.8. The minimum atomic E-state index is -5.24. The van der Waals surface area contributed by atoms with Gasteiger partial charge in [-0.05, 0) is 68.0 Å². The molecule has 0 saturated carbocycles. The fourth-order valence-electron chi connectivity index (χ4n) is 8.39. The number of anilines is 1. The maximum Gasteiger partial charge on any atom is 0.303 e. The van der Waals surface area contributed by atoms with Crippen molar-refractivity contribution in [3.8, 4) is 0 Å². The van der Waals surface area contributed by atoms with Crippen molar-refractivity contribution in [1.82, 2.24) is 0 Å². The lowest BCUT2D eigenvalue weighted by molar-refractivity contribution is -0.437. The Bertz CT molecular complexity index is 3270. The molecule has 7 N–H and O–H groups in total. The number of rotatable bonds is 18. The molecule has 3 aromatic carbocycles. The van der Waals surface area contributed by atoms with Crippen LogP contribution >= 0.6 is 0 Å². The third-order valence-electron chi connectivity index (χ3n) is 10.9. The zero-order valence-electron chi connectivity index (χ0n) is 33.8. The molecule has 0 radical (unpaired) electrons. The van der Waals surface area contributed by atoms with E-state index in [1.165, 1.54) is 53.7 Å². The van der Waals surface area contributed by atoms with Gasteiger partial charge in [-0.3, -0.25) is 32.1 Å². The van der Waals surface area contributed by atoms with Crippen LogP contribution in [0.3, 0.4) is 0 Å². The molecule has 0 saturated heterocycles. The van der Waals surface area contributed by atoms with Gasteiger partial charge in [-0.25, -0.2) is 0 Å². The van der Waals surface area contributed by atoms with Crippen molar-refractivity contribution in [1.29, 1.82) is 0 Å². The van der Waals surface area contributed by atoms with E-state index in [-0.39, 0.29) is 83.5 Å². The number of hydrogen-bond acceptors (Lipinski definition) is 14. The van der Waals surface area contributed by atoms with E-state index >= 15 is 0 Å².